The van der Waals surface area contributed by atoms with E-state index in [0.29, 0.717) is 16.6 Å². The number of nitrogens with two attached hydrogens (primary N) is 1. The number of anilines is 1. The molecule has 126 valence electrons. The lowest BCUT2D eigenvalue weighted by Gasteiger charge is -2.30. The second-order valence-corrected chi connectivity index (χ2v) is 6.57. The van der Waals surface area contributed by atoms with Crippen molar-refractivity contribution in [3.8, 4) is 0 Å². The average molecular weight is 339 g/mol. The number of nitrogen functional groups attached to an aromatic ring is 1. The Morgan fingerprint density at radius 2 is 2.04 bits per heavy atom. The molecule has 6 heteroatoms. The number of amides is 1. The van der Waals surface area contributed by atoms with Gasteiger partial charge in [-0.3, -0.25) is 4.79 Å². The highest BCUT2D eigenvalue weighted by atomic mass is 35.5. The van der Waals surface area contributed by atoms with Crippen molar-refractivity contribution in [1.29, 1.82) is 0 Å². The minimum absolute atomic E-state index is 0.156. The van der Waals surface area contributed by atoms with Crippen molar-refractivity contribution in [2.45, 2.75) is 51.7 Å². The van der Waals surface area contributed by atoms with Gasteiger partial charge in [0, 0.05) is 6.04 Å². The summed E-state index contributed by atoms with van der Waals surface area (Å²) >= 11 is 5.82. The van der Waals surface area contributed by atoms with Crippen LogP contribution in [-0.4, -0.2) is 24.0 Å². The standard InChI is InChI=1S/C17H23ClN2O3/c1-10-5-3-4-6-15(10)20-16(21)11(2)23-17(22)12-7-8-13(18)14(19)9-12/h7-11,15H,3-6,19H2,1-2H3,(H,20,21)/t10-,11+,15-/m0/s1. The number of esters is 1. The lowest BCUT2D eigenvalue weighted by molar-refractivity contribution is -0.130. The molecule has 0 bridgehead atoms. The molecule has 1 aromatic rings. The zero-order chi connectivity index (χ0) is 17.0. The number of hydrogen-bond acceptors (Lipinski definition) is 4. The number of rotatable bonds is 4. The molecule has 1 fully saturated rings. The first-order valence-corrected chi connectivity index (χ1v) is 8.32. The maximum Gasteiger partial charge on any atom is 0.338 e. The van der Waals surface area contributed by atoms with Crippen molar-refractivity contribution in [1.82, 2.24) is 5.32 Å². The molecule has 3 atom stereocenters. The first kappa shape index (κ1) is 17.6. The van der Waals surface area contributed by atoms with E-state index >= 15 is 0 Å². The fourth-order valence-electron chi connectivity index (χ4n) is 2.78. The van der Waals surface area contributed by atoms with Crippen molar-refractivity contribution >= 4 is 29.2 Å². The third kappa shape index (κ3) is 4.61. The molecule has 2 rings (SSSR count). The minimum atomic E-state index is -0.853. The molecule has 0 heterocycles. The molecule has 1 amide bonds. The van der Waals surface area contributed by atoms with Crippen LogP contribution in [0, 0.1) is 5.92 Å². The fraction of sp³-hybridized carbons (Fsp3) is 0.529. The summed E-state index contributed by atoms with van der Waals surface area (Å²) in [7, 11) is 0. The van der Waals surface area contributed by atoms with E-state index in [1.165, 1.54) is 24.6 Å². The smallest absolute Gasteiger partial charge is 0.338 e. The molecular weight excluding hydrogens is 316 g/mol. The van der Waals surface area contributed by atoms with E-state index in [1.807, 2.05) is 0 Å². The largest absolute Gasteiger partial charge is 0.449 e. The van der Waals surface area contributed by atoms with E-state index in [1.54, 1.807) is 6.92 Å². The number of nitrogens with one attached hydrogen (secondary N) is 1. The van der Waals surface area contributed by atoms with Gasteiger partial charge < -0.3 is 15.8 Å². The van der Waals surface area contributed by atoms with E-state index in [0.717, 1.165) is 19.3 Å². The quantitative estimate of drug-likeness (QED) is 0.652. The maximum atomic E-state index is 12.2. The van der Waals surface area contributed by atoms with Crippen LogP contribution in [0.4, 0.5) is 5.69 Å². The molecule has 0 saturated heterocycles. The summed E-state index contributed by atoms with van der Waals surface area (Å²) in [5, 5.41) is 3.36. The molecule has 0 aromatic heterocycles. The molecule has 1 saturated carbocycles. The molecule has 0 aliphatic heterocycles. The first-order chi connectivity index (χ1) is 10.9. The van der Waals surface area contributed by atoms with Gasteiger partial charge in [0.25, 0.3) is 5.91 Å². The third-order valence-corrected chi connectivity index (χ3v) is 4.67. The predicted molar refractivity (Wildman–Crippen MR) is 90.3 cm³/mol. The topological polar surface area (TPSA) is 81.4 Å². The first-order valence-electron chi connectivity index (χ1n) is 7.95. The van der Waals surface area contributed by atoms with Gasteiger partial charge in [-0.25, -0.2) is 4.79 Å². The number of carbonyl (C=O) groups excluding carboxylic acids is 2. The number of ether oxygens (including phenoxy) is 1. The lowest BCUT2D eigenvalue weighted by atomic mass is 9.86. The second kappa shape index (κ2) is 7.68. The second-order valence-electron chi connectivity index (χ2n) is 6.16. The Balaban J connectivity index is 1.92. The highest BCUT2D eigenvalue weighted by Crippen LogP contribution is 2.24. The molecular formula is C17H23ClN2O3. The highest BCUT2D eigenvalue weighted by Gasteiger charge is 2.26. The van der Waals surface area contributed by atoms with Crippen molar-refractivity contribution < 1.29 is 14.3 Å². The molecule has 0 spiro atoms. The number of hydrogen-bond donors (Lipinski definition) is 2. The van der Waals surface area contributed by atoms with Gasteiger partial charge in [0.15, 0.2) is 6.10 Å². The lowest BCUT2D eigenvalue weighted by Crippen LogP contribution is -2.45. The zero-order valence-electron chi connectivity index (χ0n) is 13.5. The average Bonchev–Trinajstić information content (AvgIpc) is 2.52. The Kier molecular flexibility index (Phi) is 5.88. The van der Waals surface area contributed by atoms with Crippen LogP contribution < -0.4 is 11.1 Å². The van der Waals surface area contributed by atoms with Crippen LogP contribution in [-0.2, 0) is 9.53 Å². The van der Waals surface area contributed by atoms with Crippen molar-refractivity contribution in [3.63, 3.8) is 0 Å². The monoisotopic (exact) mass is 338 g/mol. The van der Waals surface area contributed by atoms with Crippen LogP contribution in [0.3, 0.4) is 0 Å². The minimum Gasteiger partial charge on any atom is -0.449 e. The molecule has 3 N–H and O–H groups in total. The van der Waals surface area contributed by atoms with Gasteiger partial charge in [-0.05, 0) is 43.9 Å². The van der Waals surface area contributed by atoms with E-state index in [9.17, 15) is 9.59 Å². The Bertz CT molecular complexity index is 591. The predicted octanol–water partition coefficient (Wildman–Crippen LogP) is 3.16. The van der Waals surface area contributed by atoms with Crippen LogP contribution in [0.2, 0.25) is 5.02 Å². The van der Waals surface area contributed by atoms with Gasteiger partial charge in [-0.2, -0.15) is 0 Å². The molecule has 0 radical (unpaired) electrons. The summed E-state index contributed by atoms with van der Waals surface area (Å²) in [6.07, 6.45) is 3.56. The van der Waals surface area contributed by atoms with Crippen LogP contribution in [0.1, 0.15) is 49.9 Å². The Labute approximate surface area is 141 Å². The van der Waals surface area contributed by atoms with Crippen LogP contribution in [0.5, 0.6) is 0 Å². The van der Waals surface area contributed by atoms with Gasteiger partial charge in [-0.15, -0.1) is 0 Å². The third-order valence-electron chi connectivity index (χ3n) is 4.32. The maximum absolute atomic E-state index is 12.2. The van der Waals surface area contributed by atoms with Crippen molar-refractivity contribution in [2.24, 2.45) is 5.92 Å². The van der Waals surface area contributed by atoms with Crippen LogP contribution >= 0.6 is 11.6 Å². The van der Waals surface area contributed by atoms with E-state index in [2.05, 4.69) is 12.2 Å². The number of benzene rings is 1. The summed E-state index contributed by atoms with van der Waals surface area (Å²) in [6.45, 7) is 3.71. The Morgan fingerprint density at radius 3 is 2.70 bits per heavy atom. The summed E-state index contributed by atoms with van der Waals surface area (Å²) in [5.41, 5.74) is 6.24. The van der Waals surface area contributed by atoms with Crippen molar-refractivity contribution in [2.75, 3.05) is 5.73 Å². The molecule has 23 heavy (non-hydrogen) atoms. The van der Waals surface area contributed by atoms with Gasteiger partial charge in [0.05, 0.1) is 16.3 Å². The molecule has 1 aliphatic carbocycles. The van der Waals surface area contributed by atoms with Gasteiger partial charge >= 0.3 is 5.97 Å². The van der Waals surface area contributed by atoms with E-state index in [-0.39, 0.29) is 17.5 Å². The number of halogens is 1. The van der Waals surface area contributed by atoms with Crippen LogP contribution in [0.15, 0.2) is 18.2 Å². The summed E-state index contributed by atoms with van der Waals surface area (Å²) in [5.74, 6) is -0.404. The normalized spacial score (nSPS) is 22.2. The van der Waals surface area contributed by atoms with Crippen LogP contribution in [0.25, 0.3) is 0 Å². The molecule has 5 nitrogen and oxygen atoms in total. The van der Waals surface area contributed by atoms with Crippen molar-refractivity contribution in [3.05, 3.63) is 28.8 Å². The summed E-state index contributed by atoms with van der Waals surface area (Å²) < 4.78 is 5.22. The van der Waals surface area contributed by atoms with Gasteiger partial charge in [0.1, 0.15) is 0 Å². The molecule has 1 aromatic carbocycles. The molecule has 0 unspecified atom stereocenters. The Hall–Kier alpha value is -1.75. The highest BCUT2D eigenvalue weighted by molar-refractivity contribution is 6.33. The zero-order valence-corrected chi connectivity index (χ0v) is 14.2. The Morgan fingerprint density at radius 1 is 1.35 bits per heavy atom. The van der Waals surface area contributed by atoms with Gasteiger partial charge in [0.2, 0.25) is 0 Å². The van der Waals surface area contributed by atoms with E-state index in [4.69, 9.17) is 22.1 Å². The van der Waals surface area contributed by atoms with Gasteiger partial charge in [-0.1, -0.05) is 31.4 Å². The summed E-state index contributed by atoms with van der Waals surface area (Å²) in [6, 6.07) is 4.65. The molecule has 1 aliphatic rings. The fourth-order valence-corrected chi connectivity index (χ4v) is 2.90. The number of carbonyl (C=O) groups is 2. The van der Waals surface area contributed by atoms with E-state index < -0.39 is 12.1 Å². The summed E-state index contributed by atoms with van der Waals surface area (Å²) in [4.78, 5) is 24.3. The SMILES string of the molecule is C[C@@H](OC(=O)c1ccc(Cl)c(N)c1)C(=O)N[C@H]1CCCC[C@@H]1C.